The smallest absolute Gasteiger partial charge is 0.175 e. The Morgan fingerprint density at radius 3 is 2.73 bits per heavy atom. The summed E-state index contributed by atoms with van der Waals surface area (Å²) in [5.41, 5.74) is 12.0. The number of pyridine rings is 1. The molecule has 0 aliphatic heterocycles. The lowest BCUT2D eigenvalue weighted by atomic mass is 10.4. The molecule has 0 spiro atoms. The van der Waals surface area contributed by atoms with E-state index >= 15 is 0 Å². The standard InChI is InChI=1S/C8H9N7/c9-7-6(8(10)15-14-7)13-12-5-2-1-3-11-4-5/h1-4H,(H5,9,10,14,15)/b13-12+. The summed E-state index contributed by atoms with van der Waals surface area (Å²) in [6, 6.07) is 3.53. The number of nitrogens with two attached hydrogens (primary N) is 2. The van der Waals surface area contributed by atoms with Crippen LogP contribution in [-0.2, 0) is 0 Å². The fraction of sp³-hybridized carbons (Fsp3) is 0. The summed E-state index contributed by atoms with van der Waals surface area (Å²) in [7, 11) is 0. The Hall–Kier alpha value is -2.44. The van der Waals surface area contributed by atoms with E-state index in [-0.39, 0.29) is 5.82 Å². The Morgan fingerprint density at radius 1 is 1.27 bits per heavy atom. The van der Waals surface area contributed by atoms with E-state index in [0.29, 0.717) is 17.2 Å². The van der Waals surface area contributed by atoms with Crippen molar-refractivity contribution in [1.82, 2.24) is 15.2 Å². The van der Waals surface area contributed by atoms with E-state index < -0.39 is 0 Å². The van der Waals surface area contributed by atoms with Crippen molar-refractivity contribution in [2.75, 3.05) is 11.5 Å². The van der Waals surface area contributed by atoms with Gasteiger partial charge in [0.25, 0.3) is 0 Å². The number of nitrogens with one attached hydrogen (secondary N) is 1. The summed E-state index contributed by atoms with van der Waals surface area (Å²) in [6.07, 6.45) is 3.23. The zero-order valence-electron chi connectivity index (χ0n) is 7.75. The fourth-order valence-electron chi connectivity index (χ4n) is 0.990. The minimum atomic E-state index is 0.222. The predicted molar refractivity (Wildman–Crippen MR) is 55.8 cm³/mol. The molecule has 2 heterocycles. The Morgan fingerprint density at radius 2 is 2.13 bits per heavy atom. The van der Waals surface area contributed by atoms with Gasteiger partial charge in [-0.05, 0) is 12.1 Å². The summed E-state index contributed by atoms with van der Waals surface area (Å²) in [5.74, 6) is 0.514. The number of aromatic nitrogens is 3. The molecule has 0 aromatic carbocycles. The Balaban J connectivity index is 2.26. The third-order valence-electron chi connectivity index (χ3n) is 1.71. The average Bonchev–Trinajstić information content (AvgIpc) is 2.58. The molecule has 0 radical (unpaired) electrons. The molecule has 7 nitrogen and oxygen atoms in total. The number of hydrogen-bond acceptors (Lipinski definition) is 6. The number of nitrogen functional groups attached to an aromatic ring is 2. The van der Waals surface area contributed by atoms with Crippen molar-refractivity contribution in [2.45, 2.75) is 0 Å². The lowest BCUT2D eigenvalue weighted by Crippen LogP contribution is -1.84. The van der Waals surface area contributed by atoms with Crippen LogP contribution in [0.2, 0.25) is 0 Å². The van der Waals surface area contributed by atoms with Gasteiger partial charge in [-0.3, -0.25) is 10.1 Å². The highest BCUT2D eigenvalue weighted by Crippen LogP contribution is 2.27. The molecule has 76 valence electrons. The molecule has 0 unspecified atom stereocenters. The van der Waals surface area contributed by atoms with Gasteiger partial charge in [-0.2, -0.15) is 5.10 Å². The van der Waals surface area contributed by atoms with Crippen molar-refractivity contribution < 1.29 is 0 Å². The molecule has 2 aromatic rings. The van der Waals surface area contributed by atoms with Gasteiger partial charge < -0.3 is 11.5 Å². The first-order valence-corrected chi connectivity index (χ1v) is 4.18. The number of nitrogens with zero attached hydrogens (tertiary/aromatic N) is 4. The van der Waals surface area contributed by atoms with Gasteiger partial charge in [0, 0.05) is 6.20 Å². The Labute approximate surface area is 85.2 Å². The van der Waals surface area contributed by atoms with E-state index in [1.807, 2.05) is 0 Å². The predicted octanol–water partition coefficient (Wildman–Crippen LogP) is 1.38. The molecule has 15 heavy (non-hydrogen) atoms. The van der Waals surface area contributed by atoms with Crippen LogP contribution in [-0.4, -0.2) is 15.2 Å². The molecule has 7 heteroatoms. The molecular formula is C8H9N7. The second-order valence-corrected chi connectivity index (χ2v) is 2.78. The SMILES string of the molecule is Nc1n[nH]c(N)c1/N=N/c1cccnc1. The van der Waals surface area contributed by atoms with Crippen molar-refractivity contribution >= 4 is 23.0 Å². The topological polar surface area (TPSA) is 118 Å². The molecule has 2 aromatic heterocycles. The summed E-state index contributed by atoms with van der Waals surface area (Å²) in [4.78, 5) is 3.89. The first-order chi connectivity index (χ1) is 7.27. The molecule has 0 saturated carbocycles. The molecule has 0 amide bonds. The number of hydrogen-bond donors (Lipinski definition) is 3. The highest BCUT2D eigenvalue weighted by Gasteiger charge is 2.05. The van der Waals surface area contributed by atoms with Crippen molar-refractivity contribution in [1.29, 1.82) is 0 Å². The zero-order valence-corrected chi connectivity index (χ0v) is 7.75. The van der Waals surface area contributed by atoms with E-state index in [9.17, 15) is 0 Å². The molecule has 5 N–H and O–H groups in total. The molecule has 0 saturated heterocycles. The third kappa shape index (κ3) is 1.90. The average molecular weight is 203 g/mol. The number of aromatic amines is 1. The molecule has 0 aliphatic rings. The molecule has 0 bridgehead atoms. The van der Waals surface area contributed by atoms with Crippen molar-refractivity contribution in [2.24, 2.45) is 10.2 Å². The fourth-order valence-corrected chi connectivity index (χ4v) is 0.990. The highest BCUT2D eigenvalue weighted by atomic mass is 15.2. The van der Waals surface area contributed by atoms with Crippen molar-refractivity contribution in [3.05, 3.63) is 24.5 Å². The van der Waals surface area contributed by atoms with Crippen LogP contribution in [0.1, 0.15) is 0 Å². The maximum absolute atomic E-state index is 5.54. The van der Waals surface area contributed by atoms with Gasteiger partial charge in [-0.15, -0.1) is 10.2 Å². The van der Waals surface area contributed by atoms with Crippen LogP contribution in [0.3, 0.4) is 0 Å². The second-order valence-electron chi connectivity index (χ2n) is 2.78. The Bertz CT molecular complexity index is 453. The van der Waals surface area contributed by atoms with Gasteiger partial charge in [0.2, 0.25) is 0 Å². The van der Waals surface area contributed by atoms with Crippen LogP contribution >= 0.6 is 0 Å². The van der Waals surface area contributed by atoms with Crippen LogP contribution in [0.4, 0.5) is 23.0 Å². The second kappa shape index (κ2) is 3.74. The molecular weight excluding hydrogens is 194 g/mol. The van der Waals surface area contributed by atoms with Gasteiger partial charge in [-0.1, -0.05) is 0 Å². The number of H-pyrrole nitrogens is 1. The van der Waals surface area contributed by atoms with Gasteiger partial charge in [0.1, 0.15) is 11.5 Å². The van der Waals surface area contributed by atoms with Crippen LogP contribution in [0.5, 0.6) is 0 Å². The summed E-state index contributed by atoms with van der Waals surface area (Å²) >= 11 is 0. The third-order valence-corrected chi connectivity index (χ3v) is 1.71. The maximum Gasteiger partial charge on any atom is 0.175 e. The highest BCUT2D eigenvalue weighted by molar-refractivity contribution is 5.70. The normalized spacial score (nSPS) is 10.9. The van der Waals surface area contributed by atoms with Crippen molar-refractivity contribution in [3.63, 3.8) is 0 Å². The van der Waals surface area contributed by atoms with Gasteiger partial charge in [0.05, 0.1) is 6.20 Å². The number of rotatable bonds is 2. The molecule has 0 aliphatic carbocycles. The lowest BCUT2D eigenvalue weighted by molar-refractivity contribution is 1.11. The first-order valence-electron chi connectivity index (χ1n) is 4.18. The van der Waals surface area contributed by atoms with Crippen LogP contribution in [0.15, 0.2) is 34.8 Å². The van der Waals surface area contributed by atoms with Gasteiger partial charge in [0.15, 0.2) is 11.5 Å². The van der Waals surface area contributed by atoms with E-state index in [4.69, 9.17) is 11.5 Å². The quantitative estimate of drug-likeness (QED) is 0.639. The summed E-state index contributed by atoms with van der Waals surface area (Å²) in [5, 5.41) is 14.0. The molecule has 2 rings (SSSR count). The van der Waals surface area contributed by atoms with E-state index in [1.54, 1.807) is 24.5 Å². The van der Waals surface area contributed by atoms with Crippen LogP contribution < -0.4 is 11.5 Å². The minimum Gasteiger partial charge on any atom is -0.382 e. The van der Waals surface area contributed by atoms with E-state index in [0.717, 1.165) is 0 Å². The Kier molecular flexibility index (Phi) is 2.28. The lowest BCUT2D eigenvalue weighted by Gasteiger charge is -1.91. The van der Waals surface area contributed by atoms with Crippen LogP contribution in [0.25, 0.3) is 0 Å². The number of anilines is 2. The minimum absolute atomic E-state index is 0.222. The molecule has 0 atom stereocenters. The first kappa shape index (κ1) is 9.13. The van der Waals surface area contributed by atoms with Gasteiger partial charge in [-0.25, -0.2) is 0 Å². The molecule has 0 fully saturated rings. The largest absolute Gasteiger partial charge is 0.382 e. The monoisotopic (exact) mass is 203 g/mol. The van der Waals surface area contributed by atoms with E-state index in [2.05, 4.69) is 25.4 Å². The summed E-state index contributed by atoms with van der Waals surface area (Å²) in [6.45, 7) is 0. The summed E-state index contributed by atoms with van der Waals surface area (Å²) < 4.78 is 0. The van der Waals surface area contributed by atoms with Crippen LogP contribution in [0, 0.1) is 0 Å². The van der Waals surface area contributed by atoms with E-state index in [1.165, 1.54) is 0 Å². The zero-order chi connectivity index (χ0) is 10.7. The number of azo groups is 1. The van der Waals surface area contributed by atoms with Gasteiger partial charge >= 0.3 is 0 Å². The maximum atomic E-state index is 5.54. The van der Waals surface area contributed by atoms with Crippen molar-refractivity contribution in [3.8, 4) is 0 Å².